The fourth-order valence-corrected chi connectivity index (χ4v) is 2.64. The van der Waals surface area contributed by atoms with Crippen LogP contribution in [0.15, 0.2) is 48.5 Å². The molecule has 1 aliphatic rings. The summed E-state index contributed by atoms with van der Waals surface area (Å²) in [6, 6.07) is 10.2. The zero-order valence-electron chi connectivity index (χ0n) is 11.7. The Bertz CT molecular complexity index is 729. The van der Waals surface area contributed by atoms with Gasteiger partial charge in [0.15, 0.2) is 5.41 Å². The van der Waals surface area contributed by atoms with E-state index in [2.05, 4.69) is 10.6 Å². The zero-order valence-corrected chi connectivity index (χ0v) is 11.7. The van der Waals surface area contributed by atoms with Crippen molar-refractivity contribution in [3.05, 3.63) is 59.7 Å². The lowest BCUT2D eigenvalue weighted by atomic mass is 9.72. The molecule has 4 N–H and O–H groups in total. The van der Waals surface area contributed by atoms with Gasteiger partial charge in [-0.3, -0.25) is 20.2 Å². The van der Waals surface area contributed by atoms with Crippen molar-refractivity contribution in [2.45, 2.75) is 5.41 Å². The van der Waals surface area contributed by atoms with Gasteiger partial charge >= 0.3 is 6.03 Å². The van der Waals surface area contributed by atoms with Crippen molar-refractivity contribution < 1.29 is 24.6 Å². The first-order valence-corrected chi connectivity index (χ1v) is 6.70. The number of nitrogens with one attached hydrogen (secondary N) is 2. The molecule has 0 bridgehead atoms. The fourth-order valence-electron chi connectivity index (χ4n) is 2.64. The summed E-state index contributed by atoms with van der Waals surface area (Å²) in [6.07, 6.45) is 0. The number of carbonyl (C=O) groups is 3. The number of barbiturate groups is 1. The van der Waals surface area contributed by atoms with E-state index in [1.54, 1.807) is 0 Å². The molecule has 0 saturated carbocycles. The molecule has 0 atom stereocenters. The van der Waals surface area contributed by atoms with E-state index in [9.17, 15) is 24.6 Å². The molecule has 2 aromatic rings. The lowest BCUT2D eigenvalue weighted by molar-refractivity contribution is -0.136. The molecular weight excluding hydrogens is 300 g/mol. The molecule has 0 spiro atoms. The van der Waals surface area contributed by atoms with Crippen LogP contribution in [0.5, 0.6) is 11.5 Å². The van der Waals surface area contributed by atoms with Crippen LogP contribution in [0.1, 0.15) is 11.1 Å². The number of urea groups is 1. The highest BCUT2D eigenvalue weighted by Crippen LogP contribution is 2.36. The monoisotopic (exact) mass is 312 g/mol. The first-order valence-electron chi connectivity index (χ1n) is 6.70. The second-order valence-corrected chi connectivity index (χ2v) is 5.08. The van der Waals surface area contributed by atoms with Gasteiger partial charge in [-0.25, -0.2) is 4.79 Å². The molecule has 4 amide bonds. The average Bonchev–Trinajstić information content (AvgIpc) is 2.50. The summed E-state index contributed by atoms with van der Waals surface area (Å²) in [5.74, 6) is -1.66. The van der Waals surface area contributed by atoms with Crippen LogP contribution >= 0.6 is 0 Å². The Morgan fingerprint density at radius 3 is 1.35 bits per heavy atom. The smallest absolute Gasteiger partial charge is 0.328 e. The van der Waals surface area contributed by atoms with Crippen molar-refractivity contribution in [1.29, 1.82) is 0 Å². The van der Waals surface area contributed by atoms with Gasteiger partial charge in [-0.2, -0.15) is 0 Å². The Labute approximate surface area is 130 Å². The fraction of sp³-hybridized carbons (Fsp3) is 0.0625. The summed E-state index contributed by atoms with van der Waals surface area (Å²) in [4.78, 5) is 36.6. The van der Waals surface area contributed by atoms with Gasteiger partial charge in [0.1, 0.15) is 11.5 Å². The molecule has 23 heavy (non-hydrogen) atoms. The predicted molar refractivity (Wildman–Crippen MR) is 78.7 cm³/mol. The summed E-state index contributed by atoms with van der Waals surface area (Å²) >= 11 is 0. The third kappa shape index (κ3) is 2.18. The van der Waals surface area contributed by atoms with E-state index in [-0.39, 0.29) is 22.6 Å². The molecule has 0 unspecified atom stereocenters. The zero-order chi connectivity index (χ0) is 16.6. The number of carbonyl (C=O) groups excluding carboxylic acids is 3. The number of hydrogen-bond acceptors (Lipinski definition) is 5. The standard InChI is InChI=1S/C16H12N2O5/c19-11-5-1-9(2-6-11)16(10-3-7-12(20)8-4-10)13(21)17-15(23)18-14(16)22/h1-8,19-20H,(H2,17,18,21,22,23). The van der Waals surface area contributed by atoms with E-state index in [1.807, 2.05) is 0 Å². The third-order valence-electron chi connectivity index (χ3n) is 3.74. The minimum atomic E-state index is -1.80. The van der Waals surface area contributed by atoms with Gasteiger partial charge in [0.2, 0.25) is 0 Å². The summed E-state index contributed by atoms with van der Waals surface area (Å²) < 4.78 is 0. The highest BCUT2D eigenvalue weighted by atomic mass is 16.3. The second kappa shape index (κ2) is 5.13. The normalized spacial score (nSPS) is 16.6. The first kappa shape index (κ1) is 14.6. The molecule has 2 aromatic carbocycles. The molecule has 7 nitrogen and oxygen atoms in total. The number of amides is 4. The quantitative estimate of drug-likeness (QED) is 0.611. The summed E-state index contributed by atoms with van der Waals surface area (Å²) in [7, 11) is 0. The molecule has 1 aliphatic heterocycles. The number of aromatic hydroxyl groups is 2. The van der Waals surface area contributed by atoms with Gasteiger partial charge in [-0.05, 0) is 35.4 Å². The van der Waals surface area contributed by atoms with E-state index in [0.29, 0.717) is 0 Å². The van der Waals surface area contributed by atoms with Crippen LogP contribution in [0.4, 0.5) is 4.79 Å². The van der Waals surface area contributed by atoms with Gasteiger partial charge in [-0.1, -0.05) is 24.3 Å². The van der Waals surface area contributed by atoms with Gasteiger partial charge in [0.05, 0.1) is 0 Å². The number of hydrogen-bond donors (Lipinski definition) is 4. The van der Waals surface area contributed by atoms with Gasteiger partial charge in [-0.15, -0.1) is 0 Å². The van der Waals surface area contributed by atoms with Gasteiger partial charge < -0.3 is 10.2 Å². The number of imide groups is 2. The molecule has 7 heteroatoms. The maximum Gasteiger partial charge on any atom is 0.328 e. The number of benzene rings is 2. The molecule has 116 valence electrons. The van der Waals surface area contributed by atoms with E-state index in [0.717, 1.165) is 0 Å². The van der Waals surface area contributed by atoms with Crippen LogP contribution in [0, 0.1) is 0 Å². The maximum atomic E-state index is 12.6. The molecule has 0 aromatic heterocycles. The molecular formula is C16H12N2O5. The highest BCUT2D eigenvalue weighted by molar-refractivity contribution is 6.25. The lowest BCUT2D eigenvalue weighted by Crippen LogP contribution is -2.65. The third-order valence-corrected chi connectivity index (χ3v) is 3.74. The van der Waals surface area contributed by atoms with E-state index in [1.165, 1.54) is 48.5 Å². The van der Waals surface area contributed by atoms with Crippen molar-refractivity contribution in [3.8, 4) is 11.5 Å². The Morgan fingerprint density at radius 1 is 0.652 bits per heavy atom. The average molecular weight is 312 g/mol. The number of phenolic OH excluding ortho intramolecular Hbond substituents is 2. The Hall–Kier alpha value is -3.35. The molecule has 1 heterocycles. The minimum Gasteiger partial charge on any atom is -0.508 e. The summed E-state index contributed by atoms with van der Waals surface area (Å²) in [5, 5.41) is 23.0. The lowest BCUT2D eigenvalue weighted by Gasteiger charge is -2.34. The van der Waals surface area contributed by atoms with Crippen LogP contribution < -0.4 is 10.6 Å². The van der Waals surface area contributed by atoms with Crippen LogP contribution in [-0.4, -0.2) is 28.1 Å². The van der Waals surface area contributed by atoms with Crippen LogP contribution in [-0.2, 0) is 15.0 Å². The van der Waals surface area contributed by atoms with E-state index < -0.39 is 23.3 Å². The van der Waals surface area contributed by atoms with Crippen molar-refractivity contribution in [3.63, 3.8) is 0 Å². The number of phenols is 2. The summed E-state index contributed by atoms with van der Waals surface area (Å²) in [5.41, 5.74) is -1.23. The Morgan fingerprint density at radius 2 is 1.00 bits per heavy atom. The molecule has 0 aliphatic carbocycles. The maximum absolute atomic E-state index is 12.6. The molecule has 0 radical (unpaired) electrons. The van der Waals surface area contributed by atoms with Crippen molar-refractivity contribution >= 4 is 17.8 Å². The topological polar surface area (TPSA) is 116 Å². The van der Waals surface area contributed by atoms with E-state index >= 15 is 0 Å². The van der Waals surface area contributed by atoms with Crippen molar-refractivity contribution in [1.82, 2.24) is 10.6 Å². The SMILES string of the molecule is O=C1NC(=O)C(c2ccc(O)cc2)(c2ccc(O)cc2)C(=O)N1. The Balaban J connectivity index is 2.27. The molecule has 1 fully saturated rings. The van der Waals surface area contributed by atoms with Gasteiger partial charge in [0.25, 0.3) is 11.8 Å². The molecule has 1 saturated heterocycles. The molecule has 3 rings (SSSR count). The van der Waals surface area contributed by atoms with Crippen molar-refractivity contribution in [2.75, 3.05) is 0 Å². The highest BCUT2D eigenvalue weighted by Gasteiger charge is 2.53. The largest absolute Gasteiger partial charge is 0.508 e. The van der Waals surface area contributed by atoms with Crippen LogP contribution in [0.2, 0.25) is 0 Å². The minimum absolute atomic E-state index is 0.0256. The predicted octanol–water partition coefficient (Wildman–Crippen LogP) is 0.750. The Kier molecular flexibility index (Phi) is 3.25. The second-order valence-electron chi connectivity index (χ2n) is 5.08. The summed E-state index contributed by atoms with van der Waals surface area (Å²) in [6.45, 7) is 0. The van der Waals surface area contributed by atoms with Crippen molar-refractivity contribution in [2.24, 2.45) is 0 Å². The first-order chi connectivity index (χ1) is 10.9. The van der Waals surface area contributed by atoms with Crippen LogP contribution in [0.25, 0.3) is 0 Å². The van der Waals surface area contributed by atoms with Crippen LogP contribution in [0.3, 0.4) is 0 Å². The van der Waals surface area contributed by atoms with Gasteiger partial charge in [0, 0.05) is 0 Å². The van der Waals surface area contributed by atoms with E-state index in [4.69, 9.17) is 0 Å². The number of rotatable bonds is 2.